The zero-order valence-corrected chi connectivity index (χ0v) is 18.4. The molecule has 0 aliphatic heterocycles. The standard InChI is InChI=1S/C24H35NO5/c1-4-20(25-24(27)19-11-8-12-21(16-19)28-3)17-30-22-13-6-9-18(15-22)10-7-14-23(26)29-5-2/h4,8,11-12,16,18,22H,5-7,9-10,13-15,17H2,1-3H3,(H,25,27)/b20-4+. The predicted molar refractivity (Wildman–Crippen MR) is 116 cm³/mol. The largest absolute Gasteiger partial charge is 0.497 e. The van der Waals surface area contributed by atoms with Crippen LogP contribution in [0.2, 0.25) is 0 Å². The molecule has 6 nitrogen and oxygen atoms in total. The van der Waals surface area contributed by atoms with Crippen molar-refractivity contribution in [1.82, 2.24) is 5.32 Å². The molecule has 0 radical (unpaired) electrons. The van der Waals surface area contributed by atoms with E-state index in [1.54, 1.807) is 25.3 Å². The molecule has 1 aliphatic rings. The number of carbonyl (C=O) groups excluding carboxylic acids is 2. The number of carbonyl (C=O) groups is 2. The first-order valence-corrected chi connectivity index (χ1v) is 10.9. The van der Waals surface area contributed by atoms with Gasteiger partial charge in [0.05, 0.1) is 26.4 Å². The molecular formula is C24H35NO5. The number of benzene rings is 1. The van der Waals surface area contributed by atoms with Gasteiger partial charge in [-0.3, -0.25) is 9.59 Å². The van der Waals surface area contributed by atoms with Gasteiger partial charge in [0.2, 0.25) is 0 Å². The summed E-state index contributed by atoms with van der Waals surface area (Å²) in [4.78, 5) is 24.0. The summed E-state index contributed by atoms with van der Waals surface area (Å²) in [5.74, 6) is 0.951. The van der Waals surface area contributed by atoms with Crippen LogP contribution in [0.25, 0.3) is 0 Å². The second kappa shape index (κ2) is 13.1. The molecule has 2 atom stereocenters. The number of ether oxygens (including phenoxy) is 3. The maximum absolute atomic E-state index is 12.5. The van der Waals surface area contributed by atoms with E-state index in [0.29, 0.717) is 36.9 Å². The Morgan fingerprint density at radius 3 is 2.83 bits per heavy atom. The van der Waals surface area contributed by atoms with Crippen LogP contribution in [0.3, 0.4) is 0 Å². The fourth-order valence-electron chi connectivity index (χ4n) is 3.80. The molecule has 1 aliphatic carbocycles. The van der Waals surface area contributed by atoms with Crippen LogP contribution in [0, 0.1) is 5.92 Å². The van der Waals surface area contributed by atoms with Crippen LogP contribution in [0.1, 0.15) is 69.2 Å². The zero-order valence-electron chi connectivity index (χ0n) is 18.4. The van der Waals surface area contributed by atoms with Crippen LogP contribution in [0.5, 0.6) is 5.75 Å². The molecule has 166 valence electrons. The molecule has 2 unspecified atom stereocenters. The Hall–Kier alpha value is -2.34. The van der Waals surface area contributed by atoms with Crippen molar-refractivity contribution in [3.63, 3.8) is 0 Å². The molecule has 6 heteroatoms. The second-order valence-electron chi connectivity index (χ2n) is 7.66. The topological polar surface area (TPSA) is 73.9 Å². The van der Waals surface area contributed by atoms with Crippen molar-refractivity contribution in [1.29, 1.82) is 0 Å². The van der Waals surface area contributed by atoms with E-state index < -0.39 is 0 Å². The average molecular weight is 418 g/mol. The van der Waals surface area contributed by atoms with Crippen molar-refractivity contribution in [3.05, 3.63) is 41.6 Å². The smallest absolute Gasteiger partial charge is 0.305 e. The summed E-state index contributed by atoms with van der Waals surface area (Å²) in [6.45, 7) is 4.55. The maximum Gasteiger partial charge on any atom is 0.305 e. The third-order valence-electron chi connectivity index (χ3n) is 5.46. The van der Waals surface area contributed by atoms with Gasteiger partial charge >= 0.3 is 5.97 Å². The SMILES string of the molecule is C/C=C(\COC1CCCC(CCCC(=O)OCC)C1)NC(=O)c1cccc(OC)c1. The molecule has 0 saturated heterocycles. The Labute approximate surface area is 180 Å². The van der Waals surface area contributed by atoms with E-state index in [1.807, 2.05) is 26.0 Å². The molecule has 1 aromatic carbocycles. The lowest BCUT2D eigenvalue weighted by atomic mass is 9.84. The number of hydrogen-bond acceptors (Lipinski definition) is 5. The number of esters is 1. The highest BCUT2D eigenvalue weighted by molar-refractivity contribution is 5.95. The molecule has 2 rings (SSSR count). The number of rotatable bonds is 11. The lowest BCUT2D eigenvalue weighted by Gasteiger charge is -2.29. The maximum atomic E-state index is 12.5. The van der Waals surface area contributed by atoms with Crippen LogP contribution >= 0.6 is 0 Å². The van der Waals surface area contributed by atoms with Gasteiger partial charge in [-0.05, 0) is 63.6 Å². The normalized spacial score (nSPS) is 19.2. The second-order valence-corrected chi connectivity index (χ2v) is 7.66. The summed E-state index contributed by atoms with van der Waals surface area (Å²) in [6, 6.07) is 7.08. The van der Waals surface area contributed by atoms with Gasteiger partial charge in [0.1, 0.15) is 5.75 Å². The summed E-state index contributed by atoms with van der Waals surface area (Å²) in [5, 5.41) is 2.93. The Bertz CT molecular complexity index is 715. The molecule has 1 aromatic rings. The van der Waals surface area contributed by atoms with Gasteiger partial charge in [0, 0.05) is 17.7 Å². The zero-order chi connectivity index (χ0) is 21.8. The van der Waals surface area contributed by atoms with Crippen molar-refractivity contribution in [2.45, 2.75) is 64.9 Å². The lowest BCUT2D eigenvalue weighted by molar-refractivity contribution is -0.143. The van der Waals surface area contributed by atoms with Crippen LogP contribution in [0.4, 0.5) is 0 Å². The van der Waals surface area contributed by atoms with Crippen molar-refractivity contribution in [2.24, 2.45) is 5.92 Å². The molecule has 0 spiro atoms. The van der Waals surface area contributed by atoms with Crippen LogP contribution in [0.15, 0.2) is 36.0 Å². The van der Waals surface area contributed by atoms with Gasteiger partial charge < -0.3 is 19.5 Å². The third kappa shape index (κ3) is 8.19. The fraction of sp³-hybridized carbons (Fsp3) is 0.583. The molecule has 1 N–H and O–H groups in total. The van der Waals surface area contributed by atoms with Gasteiger partial charge in [-0.1, -0.05) is 25.0 Å². The Balaban J connectivity index is 1.75. The van der Waals surface area contributed by atoms with Gasteiger partial charge in [-0.2, -0.15) is 0 Å². The number of allylic oxidation sites excluding steroid dienone is 1. The van der Waals surface area contributed by atoms with E-state index in [2.05, 4.69) is 5.32 Å². The Morgan fingerprint density at radius 1 is 1.27 bits per heavy atom. The minimum Gasteiger partial charge on any atom is -0.497 e. The minimum absolute atomic E-state index is 0.106. The fourth-order valence-corrected chi connectivity index (χ4v) is 3.80. The molecule has 1 amide bonds. The van der Waals surface area contributed by atoms with Crippen molar-refractivity contribution in [3.8, 4) is 5.75 Å². The molecule has 1 fully saturated rings. The van der Waals surface area contributed by atoms with Crippen LogP contribution in [-0.2, 0) is 14.3 Å². The molecule has 30 heavy (non-hydrogen) atoms. The third-order valence-corrected chi connectivity index (χ3v) is 5.46. The predicted octanol–water partition coefficient (Wildman–Crippen LogP) is 4.64. The van der Waals surface area contributed by atoms with E-state index in [0.717, 1.165) is 37.8 Å². The Kier molecular flexibility index (Phi) is 10.4. The molecule has 0 bridgehead atoms. The minimum atomic E-state index is -0.175. The number of hydrogen-bond donors (Lipinski definition) is 1. The molecule has 1 saturated carbocycles. The van der Waals surface area contributed by atoms with Gasteiger partial charge in [0.25, 0.3) is 5.91 Å². The summed E-state index contributed by atoms with van der Waals surface area (Å²) >= 11 is 0. The van der Waals surface area contributed by atoms with E-state index in [4.69, 9.17) is 14.2 Å². The quantitative estimate of drug-likeness (QED) is 0.531. The monoisotopic (exact) mass is 417 g/mol. The number of methoxy groups -OCH3 is 1. The summed E-state index contributed by atoms with van der Waals surface area (Å²) in [5.41, 5.74) is 1.31. The number of nitrogens with one attached hydrogen (secondary N) is 1. The summed E-state index contributed by atoms with van der Waals surface area (Å²) in [6.07, 6.45) is 8.82. The summed E-state index contributed by atoms with van der Waals surface area (Å²) in [7, 11) is 1.58. The first-order valence-electron chi connectivity index (χ1n) is 10.9. The van der Waals surface area contributed by atoms with Gasteiger partial charge in [-0.15, -0.1) is 0 Å². The lowest BCUT2D eigenvalue weighted by Crippen LogP contribution is -2.29. The van der Waals surface area contributed by atoms with E-state index >= 15 is 0 Å². The van der Waals surface area contributed by atoms with E-state index in [-0.39, 0.29) is 18.0 Å². The molecular weight excluding hydrogens is 382 g/mol. The van der Waals surface area contributed by atoms with Crippen molar-refractivity contribution >= 4 is 11.9 Å². The van der Waals surface area contributed by atoms with E-state index in [1.165, 1.54) is 6.42 Å². The van der Waals surface area contributed by atoms with Crippen LogP contribution in [-0.4, -0.2) is 38.3 Å². The average Bonchev–Trinajstić information content (AvgIpc) is 2.77. The highest BCUT2D eigenvalue weighted by atomic mass is 16.5. The van der Waals surface area contributed by atoms with Crippen molar-refractivity contribution in [2.75, 3.05) is 20.3 Å². The van der Waals surface area contributed by atoms with Crippen LogP contribution < -0.4 is 10.1 Å². The highest BCUT2D eigenvalue weighted by Gasteiger charge is 2.23. The van der Waals surface area contributed by atoms with Gasteiger partial charge in [-0.25, -0.2) is 0 Å². The highest BCUT2D eigenvalue weighted by Crippen LogP contribution is 2.30. The van der Waals surface area contributed by atoms with Crippen molar-refractivity contribution < 1.29 is 23.8 Å². The first-order chi connectivity index (χ1) is 14.5. The van der Waals surface area contributed by atoms with Gasteiger partial charge in [0.15, 0.2) is 0 Å². The molecule has 0 heterocycles. The Morgan fingerprint density at radius 2 is 2.10 bits per heavy atom. The summed E-state index contributed by atoms with van der Waals surface area (Å²) < 4.78 is 16.3. The molecule has 0 aromatic heterocycles. The van der Waals surface area contributed by atoms with E-state index in [9.17, 15) is 9.59 Å². The number of amides is 1. The first kappa shape index (κ1) is 23.9.